The quantitative estimate of drug-likeness (QED) is 0.651. The largest absolute Gasteiger partial charge is 0.354 e. The van der Waals surface area contributed by atoms with Crippen molar-refractivity contribution in [3.05, 3.63) is 5.28 Å². The first-order valence-electron chi connectivity index (χ1n) is 6.37. The number of anilines is 2. The average Bonchev–Trinajstić information content (AvgIpc) is 2.40. The smallest absolute Gasteiger partial charge is 0.316 e. The summed E-state index contributed by atoms with van der Waals surface area (Å²) in [6.45, 7) is 3.76. The number of aromatic nitrogens is 3. The second-order valence-corrected chi connectivity index (χ2v) is 4.57. The summed E-state index contributed by atoms with van der Waals surface area (Å²) in [5, 5.41) is 8.86. The molecule has 9 heteroatoms. The van der Waals surface area contributed by atoms with E-state index >= 15 is 0 Å². The fourth-order valence-corrected chi connectivity index (χ4v) is 1.41. The Hall–Kier alpha value is -1.83. The Labute approximate surface area is 123 Å². The molecule has 0 fully saturated rings. The minimum atomic E-state index is -0.147. The van der Waals surface area contributed by atoms with Crippen LogP contribution in [0.4, 0.5) is 16.7 Å². The molecule has 20 heavy (non-hydrogen) atoms. The number of carbonyl (C=O) groups is 1. The summed E-state index contributed by atoms with van der Waals surface area (Å²) in [5.41, 5.74) is 0. The van der Waals surface area contributed by atoms with E-state index in [0.29, 0.717) is 25.0 Å². The lowest BCUT2D eigenvalue weighted by atomic mass is 10.5. The Kier molecular flexibility index (Phi) is 6.78. The van der Waals surface area contributed by atoms with E-state index in [0.717, 1.165) is 13.0 Å². The first-order valence-corrected chi connectivity index (χ1v) is 6.75. The first kappa shape index (κ1) is 16.2. The number of rotatable bonds is 7. The molecule has 0 aliphatic rings. The van der Waals surface area contributed by atoms with Crippen LogP contribution in [-0.4, -0.2) is 59.6 Å². The van der Waals surface area contributed by atoms with Gasteiger partial charge in [-0.05, 0) is 18.0 Å². The van der Waals surface area contributed by atoms with Crippen LogP contribution in [0.1, 0.15) is 13.3 Å². The van der Waals surface area contributed by atoms with Crippen LogP contribution in [0.2, 0.25) is 5.28 Å². The van der Waals surface area contributed by atoms with Gasteiger partial charge in [0.2, 0.25) is 17.2 Å². The molecule has 0 aliphatic carbocycles. The van der Waals surface area contributed by atoms with Gasteiger partial charge in [0.15, 0.2) is 0 Å². The Bertz CT molecular complexity index is 441. The highest BCUT2D eigenvalue weighted by molar-refractivity contribution is 6.28. The van der Waals surface area contributed by atoms with Crippen molar-refractivity contribution in [2.75, 3.05) is 44.4 Å². The second-order valence-electron chi connectivity index (χ2n) is 4.23. The van der Waals surface area contributed by atoms with E-state index < -0.39 is 0 Å². The van der Waals surface area contributed by atoms with Crippen LogP contribution in [-0.2, 0) is 0 Å². The van der Waals surface area contributed by atoms with Crippen molar-refractivity contribution in [3.8, 4) is 0 Å². The van der Waals surface area contributed by atoms with Crippen molar-refractivity contribution in [3.63, 3.8) is 0 Å². The monoisotopic (exact) mass is 301 g/mol. The van der Waals surface area contributed by atoms with Crippen LogP contribution in [0, 0.1) is 0 Å². The van der Waals surface area contributed by atoms with Crippen LogP contribution >= 0.6 is 11.6 Å². The number of urea groups is 1. The molecule has 1 rings (SSSR count). The topological polar surface area (TPSA) is 95.1 Å². The Balaban J connectivity index is 2.43. The van der Waals surface area contributed by atoms with Gasteiger partial charge in [-0.1, -0.05) is 6.92 Å². The molecule has 0 saturated carbocycles. The van der Waals surface area contributed by atoms with Crippen molar-refractivity contribution in [2.45, 2.75) is 13.3 Å². The van der Waals surface area contributed by atoms with Crippen LogP contribution in [0.15, 0.2) is 0 Å². The van der Waals surface area contributed by atoms with Gasteiger partial charge in [-0.25, -0.2) is 4.79 Å². The van der Waals surface area contributed by atoms with Crippen LogP contribution in [0.3, 0.4) is 0 Å². The summed E-state index contributed by atoms with van der Waals surface area (Å²) in [7, 11) is 3.36. The van der Waals surface area contributed by atoms with E-state index in [-0.39, 0.29) is 11.3 Å². The van der Waals surface area contributed by atoms with Gasteiger partial charge in [0.05, 0.1) is 0 Å². The minimum Gasteiger partial charge on any atom is -0.354 e. The van der Waals surface area contributed by atoms with E-state index in [4.69, 9.17) is 11.6 Å². The first-order chi connectivity index (χ1) is 9.52. The van der Waals surface area contributed by atoms with Gasteiger partial charge in [0.1, 0.15) is 0 Å². The summed E-state index contributed by atoms with van der Waals surface area (Å²) in [6.07, 6.45) is 0.961. The second kappa shape index (κ2) is 8.36. The minimum absolute atomic E-state index is 0.124. The molecule has 0 atom stereocenters. The third-order valence-electron chi connectivity index (χ3n) is 2.23. The van der Waals surface area contributed by atoms with Crippen molar-refractivity contribution < 1.29 is 4.79 Å². The van der Waals surface area contributed by atoms with E-state index in [2.05, 4.69) is 30.9 Å². The van der Waals surface area contributed by atoms with Crippen molar-refractivity contribution in [1.29, 1.82) is 0 Å². The summed E-state index contributed by atoms with van der Waals surface area (Å²) < 4.78 is 0. The molecule has 0 unspecified atom stereocenters. The zero-order chi connectivity index (χ0) is 15.0. The molecule has 0 aromatic carbocycles. The normalized spacial score (nSPS) is 10.0. The van der Waals surface area contributed by atoms with Crippen LogP contribution in [0.25, 0.3) is 0 Å². The van der Waals surface area contributed by atoms with E-state index in [1.165, 1.54) is 4.90 Å². The molecule has 0 radical (unpaired) electrons. The molecule has 1 aromatic rings. The molecule has 0 saturated heterocycles. The van der Waals surface area contributed by atoms with Gasteiger partial charge in [-0.2, -0.15) is 15.0 Å². The van der Waals surface area contributed by atoms with Gasteiger partial charge in [0.25, 0.3) is 0 Å². The van der Waals surface area contributed by atoms with E-state index in [1.54, 1.807) is 14.1 Å². The summed E-state index contributed by atoms with van der Waals surface area (Å²) in [5.74, 6) is 0.814. The lowest BCUT2D eigenvalue weighted by Crippen LogP contribution is -2.37. The standard InChI is InChI=1S/C11H20ClN7O/c1-4-5-13-9-16-8(12)17-10(18-9)14-6-7-15-11(20)19(2)3/h4-7H2,1-3H3,(H,15,20)(H2,13,14,16,17,18). The summed E-state index contributed by atoms with van der Waals surface area (Å²) >= 11 is 5.82. The Morgan fingerprint density at radius 1 is 1.10 bits per heavy atom. The zero-order valence-corrected chi connectivity index (χ0v) is 12.7. The molecule has 0 bridgehead atoms. The number of halogens is 1. The van der Waals surface area contributed by atoms with Crippen LogP contribution < -0.4 is 16.0 Å². The molecule has 1 aromatic heterocycles. The number of carbonyl (C=O) groups excluding carboxylic acids is 1. The third kappa shape index (κ3) is 5.87. The predicted molar refractivity (Wildman–Crippen MR) is 79.2 cm³/mol. The molecule has 3 N–H and O–H groups in total. The van der Waals surface area contributed by atoms with Crippen LogP contribution in [0.5, 0.6) is 0 Å². The molecule has 1 heterocycles. The molecule has 8 nitrogen and oxygen atoms in total. The summed E-state index contributed by atoms with van der Waals surface area (Å²) in [4.78, 5) is 24.9. The maximum Gasteiger partial charge on any atom is 0.316 e. The highest BCUT2D eigenvalue weighted by Crippen LogP contribution is 2.09. The van der Waals surface area contributed by atoms with Gasteiger partial charge in [-0.3, -0.25) is 0 Å². The molecule has 112 valence electrons. The van der Waals surface area contributed by atoms with Crippen molar-refractivity contribution in [2.24, 2.45) is 0 Å². The van der Waals surface area contributed by atoms with Gasteiger partial charge in [-0.15, -0.1) is 0 Å². The van der Waals surface area contributed by atoms with Gasteiger partial charge in [0, 0.05) is 33.7 Å². The molecule has 0 spiro atoms. The lowest BCUT2D eigenvalue weighted by Gasteiger charge is -2.12. The molecular formula is C11H20ClN7O. The van der Waals surface area contributed by atoms with Crippen molar-refractivity contribution >= 4 is 29.5 Å². The fraction of sp³-hybridized carbons (Fsp3) is 0.636. The van der Waals surface area contributed by atoms with Gasteiger partial charge < -0.3 is 20.9 Å². The maximum atomic E-state index is 11.3. The zero-order valence-electron chi connectivity index (χ0n) is 11.9. The SMILES string of the molecule is CCCNc1nc(Cl)nc(NCCNC(=O)N(C)C)n1. The number of nitrogens with one attached hydrogen (secondary N) is 3. The molecular weight excluding hydrogens is 282 g/mol. The summed E-state index contributed by atoms with van der Waals surface area (Å²) in [6, 6.07) is -0.147. The van der Waals surface area contributed by atoms with E-state index in [9.17, 15) is 4.79 Å². The number of amides is 2. The third-order valence-corrected chi connectivity index (χ3v) is 2.40. The highest BCUT2D eigenvalue weighted by Gasteiger charge is 2.05. The average molecular weight is 302 g/mol. The molecule has 2 amide bonds. The van der Waals surface area contributed by atoms with Crippen molar-refractivity contribution in [1.82, 2.24) is 25.2 Å². The Morgan fingerprint density at radius 3 is 2.25 bits per heavy atom. The Morgan fingerprint density at radius 2 is 1.70 bits per heavy atom. The predicted octanol–water partition coefficient (Wildman–Crippen LogP) is 1.03. The fourth-order valence-electron chi connectivity index (χ4n) is 1.25. The number of hydrogen-bond acceptors (Lipinski definition) is 6. The number of hydrogen-bond donors (Lipinski definition) is 3. The lowest BCUT2D eigenvalue weighted by molar-refractivity contribution is 0.218. The van der Waals surface area contributed by atoms with Gasteiger partial charge >= 0.3 is 6.03 Å². The maximum absolute atomic E-state index is 11.3. The highest BCUT2D eigenvalue weighted by atomic mass is 35.5. The number of nitrogens with zero attached hydrogens (tertiary/aromatic N) is 4. The molecule has 0 aliphatic heterocycles. The van der Waals surface area contributed by atoms with E-state index in [1.807, 2.05) is 6.92 Å².